The number of nitrogens with one attached hydrogen (secondary N) is 2. The SMILES string of the molecule is CC(C)[C@H](NC(=O)c1cccc(S(=O)(=O)N2CCOCC2)c1)C(=O)NCCC(c1ccccc1)c1ccccc1. The number of sulfonamides is 1. The minimum atomic E-state index is -3.75. The molecule has 1 fully saturated rings. The molecule has 4 rings (SSSR count). The quantitative estimate of drug-likeness (QED) is 0.369. The zero-order valence-electron chi connectivity index (χ0n) is 23.0. The maximum absolute atomic E-state index is 13.2. The van der Waals surface area contributed by atoms with E-state index in [1.807, 2.05) is 50.2 Å². The Morgan fingerprint density at radius 3 is 2.05 bits per heavy atom. The summed E-state index contributed by atoms with van der Waals surface area (Å²) in [5.41, 5.74) is 2.52. The fourth-order valence-corrected chi connectivity index (χ4v) is 6.29. The van der Waals surface area contributed by atoms with Crippen LogP contribution < -0.4 is 10.6 Å². The van der Waals surface area contributed by atoms with Crippen LogP contribution in [0.25, 0.3) is 0 Å². The largest absolute Gasteiger partial charge is 0.379 e. The molecule has 2 N–H and O–H groups in total. The Balaban J connectivity index is 1.41. The number of carbonyl (C=O) groups excluding carboxylic acids is 2. The summed E-state index contributed by atoms with van der Waals surface area (Å²) in [7, 11) is -3.75. The first-order valence-corrected chi connectivity index (χ1v) is 15.1. The molecule has 1 saturated heterocycles. The van der Waals surface area contributed by atoms with E-state index in [0.717, 1.165) is 0 Å². The van der Waals surface area contributed by atoms with Crippen molar-refractivity contribution < 1.29 is 22.7 Å². The monoisotopic (exact) mass is 563 g/mol. The third-order valence-corrected chi connectivity index (χ3v) is 8.97. The van der Waals surface area contributed by atoms with Crippen molar-refractivity contribution in [3.05, 3.63) is 102 Å². The molecular formula is C31H37N3O5S. The highest BCUT2D eigenvalue weighted by atomic mass is 32.2. The maximum atomic E-state index is 13.2. The summed E-state index contributed by atoms with van der Waals surface area (Å²) in [5.74, 6) is -0.839. The highest BCUT2D eigenvalue weighted by Gasteiger charge is 2.28. The topological polar surface area (TPSA) is 105 Å². The summed E-state index contributed by atoms with van der Waals surface area (Å²) < 4.78 is 32.7. The number of ether oxygens (including phenoxy) is 1. The van der Waals surface area contributed by atoms with Crippen LogP contribution in [-0.4, -0.2) is 63.4 Å². The van der Waals surface area contributed by atoms with E-state index in [1.54, 1.807) is 12.1 Å². The maximum Gasteiger partial charge on any atom is 0.251 e. The van der Waals surface area contributed by atoms with Crippen LogP contribution in [0.3, 0.4) is 0 Å². The van der Waals surface area contributed by atoms with Gasteiger partial charge in [-0.25, -0.2) is 8.42 Å². The molecule has 0 unspecified atom stereocenters. The third-order valence-electron chi connectivity index (χ3n) is 7.08. The third kappa shape index (κ3) is 7.35. The molecule has 1 aliphatic rings. The minimum Gasteiger partial charge on any atom is -0.379 e. The smallest absolute Gasteiger partial charge is 0.251 e. The molecule has 3 aromatic carbocycles. The van der Waals surface area contributed by atoms with Gasteiger partial charge in [0.1, 0.15) is 6.04 Å². The second-order valence-corrected chi connectivity index (χ2v) is 12.1. The zero-order chi connectivity index (χ0) is 28.5. The van der Waals surface area contributed by atoms with Crippen LogP contribution in [0.1, 0.15) is 47.7 Å². The van der Waals surface area contributed by atoms with E-state index in [4.69, 9.17) is 4.74 Å². The van der Waals surface area contributed by atoms with Crippen LogP contribution in [-0.2, 0) is 19.6 Å². The van der Waals surface area contributed by atoms with E-state index >= 15 is 0 Å². The summed E-state index contributed by atoms with van der Waals surface area (Å²) in [5, 5.41) is 5.81. The first-order chi connectivity index (χ1) is 19.3. The van der Waals surface area contributed by atoms with Crippen molar-refractivity contribution >= 4 is 21.8 Å². The lowest BCUT2D eigenvalue weighted by molar-refractivity contribution is -0.123. The molecule has 212 valence electrons. The molecule has 0 aliphatic carbocycles. The molecule has 1 heterocycles. The summed E-state index contributed by atoms with van der Waals surface area (Å²) >= 11 is 0. The molecular weight excluding hydrogens is 526 g/mol. The van der Waals surface area contributed by atoms with Crippen LogP contribution in [0.15, 0.2) is 89.8 Å². The molecule has 8 nitrogen and oxygen atoms in total. The first-order valence-electron chi connectivity index (χ1n) is 13.6. The molecule has 3 aromatic rings. The molecule has 1 atom stereocenters. The molecule has 0 radical (unpaired) electrons. The van der Waals surface area contributed by atoms with Crippen molar-refractivity contribution in [2.45, 2.75) is 37.1 Å². The van der Waals surface area contributed by atoms with Gasteiger partial charge in [0.25, 0.3) is 5.91 Å². The van der Waals surface area contributed by atoms with Crippen molar-refractivity contribution in [2.24, 2.45) is 5.92 Å². The van der Waals surface area contributed by atoms with Gasteiger partial charge in [-0.3, -0.25) is 9.59 Å². The van der Waals surface area contributed by atoms with Crippen LogP contribution >= 0.6 is 0 Å². The zero-order valence-corrected chi connectivity index (χ0v) is 23.8. The Bertz CT molecular complexity index is 1330. The fraction of sp³-hybridized carbons (Fsp3) is 0.355. The number of hydrogen-bond donors (Lipinski definition) is 2. The van der Waals surface area contributed by atoms with Gasteiger partial charge in [0.05, 0.1) is 18.1 Å². The Morgan fingerprint density at radius 2 is 1.48 bits per heavy atom. The van der Waals surface area contributed by atoms with Crippen LogP contribution in [0.2, 0.25) is 0 Å². The van der Waals surface area contributed by atoms with Gasteiger partial charge in [0.15, 0.2) is 0 Å². The number of nitrogens with zero attached hydrogens (tertiary/aromatic N) is 1. The van der Waals surface area contributed by atoms with Crippen molar-refractivity contribution in [3.63, 3.8) is 0 Å². The standard InChI is InChI=1S/C31H37N3O5S/c1-23(2)29(31(36)32-17-16-28(24-10-5-3-6-11-24)25-12-7-4-8-13-25)33-30(35)26-14-9-15-27(22-26)40(37,38)34-18-20-39-21-19-34/h3-15,22-23,28-29H,16-21H2,1-2H3,(H,32,36)(H,33,35)/t29-/m0/s1. The van der Waals surface area contributed by atoms with Gasteiger partial charge in [-0.1, -0.05) is 80.6 Å². The molecule has 9 heteroatoms. The second-order valence-electron chi connectivity index (χ2n) is 10.2. The Hall–Kier alpha value is -3.53. The molecule has 0 bridgehead atoms. The van der Waals surface area contributed by atoms with E-state index in [-0.39, 0.29) is 41.3 Å². The van der Waals surface area contributed by atoms with E-state index < -0.39 is 22.0 Å². The highest BCUT2D eigenvalue weighted by Crippen LogP contribution is 2.27. The summed E-state index contributed by atoms with van der Waals surface area (Å²) in [6.45, 7) is 5.36. The van der Waals surface area contributed by atoms with Crippen molar-refractivity contribution in [2.75, 3.05) is 32.8 Å². The fourth-order valence-electron chi connectivity index (χ4n) is 4.84. The number of hydrogen-bond acceptors (Lipinski definition) is 5. The van der Waals surface area contributed by atoms with Crippen LogP contribution in [0, 0.1) is 5.92 Å². The normalized spacial score (nSPS) is 15.1. The van der Waals surface area contributed by atoms with Crippen molar-refractivity contribution in [3.8, 4) is 0 Å². The first kappa shape index (κ1) is 29.5. The molecule has 0 aromatic heterocycles. The van der Waals surface area contributed by atoms with Crippen LogP contribution in [0.5, 0.6) is 0 Å². The van der Waals surface area contributed by atoms with E-state index in [0.29, 0.717) is 26.2 Å². The average Bonchev–Trinajstić information content (AvgIpc) is 2.99. The lowest BCUT2D eigenvalue weighted by atomic mass is 9.88. The predicted octanol–water partition coefficient (Wildman–Crippen LogP) is 3.80. The Kier molecular flexibility index (Phi) is 10.1. The number of amides is 2. The number of rotatable bonds is 11. The average molecular weight is 564 g/mol. The highest BCUT2D eigenvalue weighted by molar-refractivity contribution is 7.89. The van der Waals surface area contributed by atoms with Crippen molar-refractivity contribution in [1.82, 2.24) is 14.9 Å². The Labute approximate surface area is 236 Å². The summed E-state index contributed by atoms with van der Waals surface area (Å²) in [6, 6.07) is 25.5. The summed E-state index contributed by atoms with van der Waals surface area (Å²) in [6.07, 6.45) is 0.694. The van der Waals surface area contributed by atoms with Crippen LogP contribution in [0.4, 0.5) is 0 Å². The van der Waals surface area contributed by atoms with Gasteiger partial charge in [0, 0.05) is 31.1 Å². The van der Waals surface area contributed by atoms with Gasteiger partial charge in [-0.05, 0) is 41.7 Å². The summed E-state index contributed by atoms with van der Waals surface area (Å²) in [4.78, 5) is 26.4. The molecule has 0 spiro atoms. The van der Waals surface area contributed by atoms with Gasteiger partial charge in [-0.15, -0.1) is 0 Å². The van der Waals surface area contributed by atoms with Crippen molar-refractivity contribution in [1.29, 1.82) is 0 Å². The second kappa shape index (κ2) is 13.7. The molecule has 0 saturated carbocycles. The van der Waals surface area contributed by atoms with Gasteiger partial charge in [-0.2, -0.15) is 4.31 Å². The van der Waals surface area contributed by atoms with Gasteiger partial charge < -0.3 is 15.4 Å². The van der Waals surface area contributed by atoms with Gasteiger partial charge >= 0.3 is 0 Å². The molecule has 40 heavy (non-hydrogen) atoms. The minimum absolute atomic E-state index is 0.0421. The number of carbonyl (C=O) groups is 2. The van der Waals surface area contributed by atoms with Gasteiger partial charge in [0.2, 0.25) is 15.9 Å². The predicted molar refractivity (Wildman–Crippen MR) is 154 cm³/mol. The molecule has 2 amide bonds. The molecule has 1 aliphatic heterocycles. The Morgan fingerprint density at radius 1 is 0.875 bits per heavy atom. The lowest BCUT2D eigenvalue weighted by Gasteiger charge is -2.26. The van der Waals surface area contributed by atoms with E-state index in [9.17, 15) is 18.0 Å². The number of morpholine rings is 1. The number of benzene rings is 3. The van der Waals surface area contributed by atoms with E-state index in [1.165, 1.54) is 27.6 Å². The van der Waals surface area contributed by atoms with E-state index in [2.05, 4.69) is 34.9 Å². The lowest BCUT2D eigenvalue weighted by Crippen LogP contribution is -2.50.